The number of carbonyl (C=O) groups excluding carboxylic acids is 1. The van der Waals surface area contributed by atoms with Crippen LogP contribution in [-0.4, -0.2) is 54.2 Å². The van der Waals surface area contributed by atoms with Crippen LogP contribution in [0.25, 0.3) is 22.0 Å². The van der Waals surface area contributed by atoms with Crippen molar-refractivity contribution in [3.63, 3.8) is 0 Å². The minimum absolute atomic E-state index is 0.128. The number of amides is 1. The van der Waals surface area contributed by atoms with Gasteiger partial charge < -0.3 is 24.4 Å². The van der Waals surface area contributed by atoms with Crippen LogP contribution in [-0.2, 0) is 4.79 Å². The lowest BCUT2D eigenvalue weighted by Crippen LogP contribution is -2.55. The number of halogens is 1. The monoisotopic (exact) mass is 500 g/mol. The van der Waals surface area contributed by atoms with Crippen molar-refractivity contribution in [2.75, 3.05) is 32.6 Å². The van der Waals surface area contributed by atoms with Gasteiger partial charge in [-0.15, -0.1) is 0 Å². The molecule has 3 aromatic carbocycles. The highest BCUT2D eigenvalue weighted by molar-refractivity contribution is 5.94. The van der Waals surface area contributed by atoms with E-state index in [-0.39, 0.29) is 17.8 Å². The predicted octanol–water partition coefficient (Wildman–Crippen LogP) is 4.97. The van der Waals surface area contributed by atoms with Crippen LogP contribution in [0.3, 0.4) is 0 Å². The van der Waals surface area contributed by atoms with E-state index in [2.05, 4.69) is 21.9 Å². The standard InChI is InChI=1S/C28H25FN4O4/c1-4-27(34)33-14-18(15-33)37-26-12-20-22(13-25(26)36-3)30-16-31-28(20)32-23-11-17(9-10-24(23)35-2)19-7-5-6-8-21(19)29/h4-13,16,18H,1,14-15H2,2-3H3,(H,30,31,32). The van der Waals surface area contributed by atoms with Gasteiger partial charge in [0.15, 0.2) is 11.5 Å². The molecule has 1 fully saturated rings. The molecule has 0 spiro atoms. The summed E-state index contributed by atoms with van der Waals surface area (Å²) in [5.41, 5.74) is 2.42. The Morgan fingerprint density at radius 3 is 2.57 bits per heavy atom. The second-order valence-corrected chi connectivity index (χ2v) is 8.45. The highest BCUT2D eigenvalue weighted by atomic mass is 19.1. The van der Waals surface area contributed by atoms with Crippen LogP contribution in [0, 0.1) is 5.82 Å². The van der Waals surface area contributed by atoms with E-state index in [9.17, 15) is 9.18 Å². The van der Waals surface area contributed by atoms with Gasteiger partial charge in [-0.1, -0.05) is 30.8 Å². The molecule has 5 rings (SSSR count). The Bertz CT molecular complexity index is 1490. The summed E-state index contributed by atoms with van der Waals surface area (Å²) < 4.78 is 31.7. The van der Waals surface area contributed by atoms with Gasteiger partial charge in [0.25, 0.3) is 0 Å². The third-order valence-electron chi connectivity index (χ3n) is 6.19. The fourth-order valence-electron chi connectivity index (χ4n) is 4.21. The molecule has 0 radical (unpaired) electrons. The maximum absolute atomic E-state index is 14.4. The molecule has 1 amide bonds. The van der Waals surface area contributed by atoms with E-state index in [1.807, 2.05) is 12.1 Å². The van der Waals surface area contributed by atoms with Crippen molar-refractivity contribution in [3.05, 3.63) is 79.4 Å². The normalized spacial score (nSPS) is 13.1. The molecular weight excluding hydrogens is 475 g/mol. The molecule has 188 valence electrons. The SMILES string of the molecule is C=CC(=O)N1CC(Oc2cc3c(Nc4cc(-c5ccccc5F)ccc4OC)ncnc3cc2OC)C1. The molecule has 1 aliphatic heterocycles. The maximum Gasteiger partial charge on any atom is 0.246 e. The van der Waals surface area contributed by atoms with Gasteiger partial charge in [0.05, 0.1) is 38.5 Å². The number of methoxy groups -OCH3 is 2. The van der Waals surface area contributed by atoms with E-state index in [4.69, 9.17) is 14.2 Å². The number of benzene rings is 3. The van der Waals surface area contributed by atoms with Crippen LogP contribution in [0.15, 0.2) is 73.6 Å². The number of anilines is 2. The summed E-state index contributed by atoms with van der Waals surface area (Å²) in [5, 5.41) is 4.00. The third-order valence-corrected chi connectivity index (χ3v) is 6.19. The number of hydrogen-bond donors (Lipinski definition) is 1. The van der Waals surface area contributed by atoms with E-state index >= 15 is 0 Å². The van der Waals surface area contributed by atoms with Gasteiger partial charge in [0, 0.05) is 17.0 Å². The number of fused-ring (bicyclic) bond motifs is 1. The first-order valence-corrected chi connectivity index (χ1v) is 11.6. The molecule has 0 saturated carbocycles. The summed E-state index contributed by atoms with van der Waals surface area (Å²) >= 11 is 0. The minimum atomic E-state index is -0.315. The molecule has 1 aliphatic rings. The molecule has 4 aromatic rings. The molecule has 2 heterocycles. The molecule has 8 nitrogen and oxygen atoms in total. The molecule has 1 saturated heterocycles. The summed E-state index contributed by atoms with van der Waals surface area (Å²) in [6, 6.07) is 15.6. The fourth-order valence-corrected chi connectivity index (χ4v) is 4.21. The Morgan fingerprint density at radius 2 is 1.84 bits per heavy atom. The molecule has 0 atom stereocenters. The smallest absolute Gasteiger partial charge is 0.246 e. The lowest BCUT2D eigenvalue weighted by Gasteiger charge is -2.38. The van der Waals surface area contributed by atoms with Crippen molar-refractivity contribution in [2.24, 2.45) is 0 Å². The molecule has 1 aromatic heterocycles. The number of nitrogens with one attached hydrogen (secondary N) is 1. The summed E-state index contributed by atoms with van der Waals surface area (Å²) in [4.78, 5) is 22.2. The van der Waals surface area contributed by atoms with E-state index < -0.39 is 0 Å². The van der Waals surface area contributed by atoms with Crippen LogP contribution in [0.1, 0.15) is 0 Å². The zero-order chi connectivity index (χ0) is 25.9. The molecular formula is C28H25FN4O4. The Morgan fingerprint density at radius 1 is 1.05 bits per heavy atom. The number of ether oxygens (including phenoxy) is 3. The molecule has 1 N–H and O–H groups in total. The van der Waals surface area contributed by atoms with Crippen molar-refractivity contribution in [1.82, 2.24) is 14.9 Å². The Kier molecular flexibility index (Phi) is 6.59. The van der Waals surface area contributed by atoms with E-state index in [0.29, 0.717) is 63.9 Å². The predicted molar refractivity (Wildman–Crippen MR) is 139 cm³/mol. The number of carbonyl (C=O) groups is 1. The van der Waals surface area contributed by atoms with Gasteiger partial charge in [0.1, 0.15) is 29.8 Å². The van der Waals surface area contributed by atoms with Crippen molar-refractivity contribution in [2.45, 2.75) is 6.10 Å². The molecule has 0 bridgehead atoms. The van der Waals surface area contributed by atoms with Crippen LogP contribution in [0.5, 0.6) is 17.2 Å². The summed E-state index contributed by atoms with van der Waals surface area (Å²) in [6.07, 6.45) is 2.56. The summed E-state index contributed by atoms with van der Waals surface area (Å²) in [5.74, 6) is 1.67. The highest BCUT2D eigenvalue weighted by Gasteiger charge is 2.31. The van der Waals surface area contributed by atoms with Crippen LogP contribution < -0.4 is 19.5 Å². The van der Waals surface area contributed by atoms with Crippen molar-refractivity contribution < 1.29 is 23.4 Å². The third kappa shape index (κ3) is 4.75. The van der Waals surface area contributed by atoms with Gasteiger partial charge in [-0.2, -0.15) is 0 Å². The number of rotatable bonds is 8. The Hall–Kier alpha value is -4.66. The first-order valence-electron chi connectivity index (χ1n) is 11.6. The topological polar surface area (TPSA) is 85.8 Å². The average Bonchev–Trinajstić information content (AvgIpc) is 2.90. The van der Waals surface area contributed by atoms with Gasteiger partial charge in [-0.05, 0) is 35.9 Å². The summed E-state index contributed by atoms with van der Waals surface area (Å²) in [6.45, 7) is 4.44. The first kappa shape index (κ1) is 24.1. The highest BCUT2D eigenvalue weighted by Crippen LogP contribution is 2.38. The number of hydrogen-bond acceptors (Lipinski definition) is 7. The van der Waals surface area contributed by atoms with E-state index in [0.717, 1.165) is 0 Å². The number of likely N-dealkylation sites (tertiary alicyclic amines) is 1. The second-order valence-electron chi connectivity index (χ2n) is 8.45. The van der Waals surface area contributed by atoms with Crippen molar-refractivity contribution >= 4 is 28.3 Å². The number of nitrogens with zero attached hydrogens (tertiary/aromatic N) is 3. The van der Waals surface area contributed by atoms with Gasteiger partial charge in [-0.25, -0.2) is 14.4 Å². The van der Waals surface area contributed by atoms with Crippen molar-refractivity contribution in [3.8, 4) is 28.4 Å². The minimum Gasteiger partial charge on any atom is -0.495 e. The maximum atomic E-state index is 14.4. The van der Waals surface area contributed by atoms with Gasteiger partial charge in [0.2, 0.25) is 5.91 Å². The zero-order valence-corrected chi connectivity index (χ0v) is 20.4. The lowest BCUT2D eigenvalue weighted by atomic mass is 10.0. The van der Waals surface area contributed by atoms with Crippen LogP contribution in [0.4, 0.5) is 15.9 Å². The molecule has 9 heteroatoms. The van der Waals surface area contributed by atoms with Gasteiger partial charge >= 0.3 is 0 Å². The average molecular weight is 501 g/mol. The molecule has 0 aliphatic carbocycles. The fraction of sp³-hybridized carbons (Fsp3) is 0.179. The van der Waals surface area contributed by atoms with E-state index in [1.165, 1.54) is 18.5 Å². The Labute approximate surface area is 213 Å². The van der Waals surface area contributed by atoms with E-state index in [1.54, 1.807) is 55.5 Å². The lowest BCUT2D eigenvalue weighted by molar-refractivity contribution is -0.134. The second kappa shape index (κ2) is 10.1. The van der Waals surface area contributed by atoms with Crippen LogP contribution >= 0.6 is 0 Å². The molecule has 0 unspecified atom stereocenters. The number of aromatic nitrogens is 2. The first-order chi connectivity index (χ1) is 18.0. The quantitative estimate of drug-likeness (QED) is 0.342. The zero-order valence-electron chi connectivity index (χ0n) is 20.4. The van der Waals surface area contributed by atoms with Crippen LogP contribution in [0.2, 0.25) is 0 Å². The largest absolute Gasteiger partial charge is 0.495 e. The van der Waals surface area contributed by atoms with Crippen molar-refractivity contribution in [1.29, 1.82) is 0 Å². The molecule has 37 heavy (non-hydrogen) atoms. The van der Waals surface area contributed by atoms with Gasteiger partial charge in [-0.3, -0.25) is 4.79 Å². The summed E-state index contributed by atoms with van der Waals surface area (Å²) in [7, 11) is 3.12. The Balaban J connectivity index is 1.49.